The summed E-state index contributed by atoms with van der Waals surface area (Å²) in [5.41, 5.74) is 2.79. The van der Waals surface area contributed by atoms with Crippen molar-refractivity contribution in [3.05, 3.63) is 70.3 Å². The highest BCUT2D eigenvalue weighted by Gasteiger charge is 2.36. The topological polar surface area (TPSA) is 35.2 Å². The van der Waals surface area contributed by atoms with Crippen LogP contribution in [-0.2, 0) is 0 Å². The Balaban J connectivity index is 1.46. The monoisotopic (exact) mass is 458 g/mol. The van der Waals surface area contributed by atoms with Gasteiger partial charge in [0.05, 0.1) is 26.9 Å². The van der Waals surface area contributed by atoms with Crippen molar-refractivity contribution in [3.8, 4) is 0 Å². The minimum Gasteiger partial charge on any atom is -0.340 e. The minimum absolute atomic E-state index is 0.170. The molecule has 2 unspecified atom stereocenters. The van der Waals surface area contributed by atoms with Crippen LogP contribution in [0.15, 0.2) is 53.1 Å². The molecule has 0 saturated carbocycles. The first kappa shape index (κ1) is 18.2. The first-order valence-electron chi connectivity index (χ1n) is 9.43. The zero-order valence-corrected chi connectivity index (χ0v) is 17.8. The minimum atomic E-state index is -0.272. The van der Waals surface area contributed by atoms with E-state index in [0.29, 0.717) is 9.85 Å². The SMILES string of the molecule is CC1SC(c2ccccc2)=CN1N1CCCC1c1nc2cc(Br)c(F)cc2[nH]1. The van der Waals surface area contributed by atoms with E-state index in [0.717, 1.165) is 36.2 Å². The molecule has 1 saturated heterocycles. The molecule has 0 bridgehead atoms. The summed E-state index contributed by atoms with van der Waals surface area (Å²) in [7, 11) is 0. The molecule has 0 spiro atoms. The van der Waals surface area contributed by atoms with Crippen molar-refractivity contribution in [2.75, 3.05) is 6.54 Å². The summed E-state index contributed by atoms with van der Waals surface area (Å²) in [6.45, 7) is 3.22. The van der Waals surface area contributed by atoms with Crippen LogP contribution in [0.2, 0.25) is 0 Å². The number of thioether (sulfide) groups is 1. The fraction of sp³-hybridized carbons (Fsp3) is 0.286. The van der Waals surface area contributed by atoms with Gasteiger partial charge >= 0.3 is 0 Å². The first-order valence-corrected chi connectivity index (χ1v) is 11.1. The van der Waals surface area contributed by atoms with Gasteiger partial charge in [-0.2, -0.15) is 0 Å². The summed E-state index contributed by atoms with van der Waals surface area (Å²) < 4.78 is 14.3. The molecular formula is C21H20BrFN4S. The average Bonchev–Trinajstić information content (AvgIpc) is 3.40. The zero-order chi connectivity index (χ0) is 19.3. The van der Waals surface area contributed by atoms with Gasteiger partial charge < -0.3 is 4.98 Å². The molecule has 7 heteroatoms. The van der Waals surface area contributed by atoms with E-state index >= 15 is 0 Å². The zero-order valence-electron chi connectivity index (χ0n) is 15.4. The highest BCUT2D eigenvalue weighted by atomic mass is 79.9. The fourth-order valence-electron chi connectivity index (χ4n) is 4.01. The summed E-state index contributed by atoms with van der Waals surface area (Å²) in [6.07, 6.45) is 4.40. The van der Waals surface area contributed by atoms with Crippen LogP contribution in [0.1, 0.15) is 37.2 Å². The fourth-order valence-corrected chi connectivity index (χ4v) is 5.44. The maximum Gasteiger partial charge on any atom is 0.139 e. The molecule has 5 rings (SSSR count). The average molecular weight is 459 g/mol. The predicted octanol–water partition coefficient (Wildman–Crippen LogP) is 5.91. The third-order valence-corrected chi connectivity index (χ3v) is 7.12. The molecule has 28 heavy (non-hydrogen) atoms. The molecule has 4 nitrogen and oxygen atoms in total. The summed E-state index contributed by atoms with van der Waals surface area (Å²) in [5.74, 6) is 0.634. The Morgan fingerprint density at radius 2 is 2.07 bits per heavy atom. The lowest BCUT2D eigenvalue weighted by atomic mass is 10.2. The van der Waals surface area contributed by atoms with Gasteiger partial charge in [0.25, 0.3) is 0 Å². The molecule has 2 aromatic carbocycles. The number of nitrogens with one attached hydrogen (secondary N) is 1. The maximum absolute atomic E-state index is 13.9. The van der Waals surface area contributed by atoms with E-state index in [4.69, 9.17) is 4.98 Å². The number of imidazole rings is 1. The highest BCUT2D eigenvalue weighted by Crippen LogP contribution is 2.44. The Kier molecular flexibility index (Phi) is 4.69. The molecule has 3 aromatic rings. The van der Waals surface area contributed by atoms with Crippen LogP contribution < -0.4 is 0 Å². The smallest absolute Gasteiger partial charge is 0.139 e. The van der Waals surface area contributed by atoms with Crippen molar-refractivity contribution in [1.82, 2.24) is 20.0 Å². The van der Waals surface area contributed by atoms with Crippen molar-refractivity contribution >= 4 is 43.6 Å². The van der Waals surface area contributed by atoms with Crippen molar-refractivity contribution in [3.63, 3.8) is 0 Å². The van der Waals surface area contributed by atoms with Crippen LogP contribution in [-0.4, -0.2) is 31.9 Å². The lowest BCUT2D eigenvalue weighted by molar-refractivity contribution is 0.00255. The molecular weight excluding hydrogens is 439 g/mol. The highest BCUT2D eigenvalue weighted by molar-refractivity contribution is 9.10. The van der Waals surface area contributed by atoms with Gasteiger partial charge in [-0.3, -0.25) is 5.01 Å². The number of benzene rings is 2. The number of aromatic nitrogens is 2. The van der Waals surface area contributed by atoms with Crippen LogP contribution in [0.25, 0.3) is 15.9 Å². The second kappa shape index (κ2) is 7.21. The quantitative estimate of drug-likeness (QED) is 0.528. The van der Waals surface area contributed by atoms with Crippen molar-refractivity contribution < 1.29 is 4.39 Å². The normalized spacial score (nSPS) is 23.0. The van der Waals surface area contributed by atoms with E-state index in [2.05, 4.69) is 68.3 Å². The van der Waals surface area contributed by atoms with Gasteiger partial charge in [-0.15, -0.1) is 0 Å². The number of aromatic amines is 1. The van der Waals surface area contributed by atoms with Gasteiger partial charge in [0.1, 0.15) is 11.6 Å². The second-order valence-corrected chi connectivity index (χ2v) is 9.40. The van der Waals surface area contributed by atoms with Gasteiger partial charge in [0.15, 0.2) is 0 Å². The molecule has 2 aliphatic heterocycles. The van der Waals surface area contributed by atoms with Gasteiger partial charge in [0.2, 0.25) is 0 Å². The number of H-pyrrole nitrogens is 1. The third kappa shape index (κ3) is 3.15. The van der Waals surface area contributed by atoms with Crippen LogP contribution in [0.5, 0.6) is 0 Å². The largest absolute Gasteiger partial charge is 0.340 e. The standard InChI is InChI=1S/C21H20BrFN4S/c1-13-27(12-20(28-13)14-6-3-2-4-7-14)26-9-5-8-19(26)21-24-17-10-15(22)16(23)11-18(17)25-21/h2-4,6-7,10-13,19H,5,8-9H2,1H3,(H,24,25). The van der Waals surface area contributed by atoms with Crippen LogP contribution in [0.3, 0.4) is 0 Å². The van der Waals surface area contributed by atoms with Gasteiger partial charge in [-0.25, -0.2) is 14.4 Å². The van der Waals surface area contributed by atoms with Gasteiger partial charge in [0, 0.05) is 23.7 Å². The lowest BCUT2D eigenvalue weighted by Crippen LogP contribution is -2.41. The van der Waals surface area contributed by atoms with E-state index < -0.39 is 0 Å². The van der Waals surface area contributed by atoms with E-state index in [9.17, 15) is 4.39 Å². The number of nitrogens with zero attached hydrogens (tertiary/aromatic N) is 3. The number of hydrogen-bond donors (Lipinski definition) is 1. The number of hydrazine groups is 1. The summed E-state index contributed by atoms with van der Waals surface area (Å²) >= 11 is 5.13. The summed E-state index contributed by atoms with van der Waals surface area (Å²) in [4.78, 5) is 9.41. The van der Waals surface area contributed by atoms with Crippen molar-refractivity contribution in [2.45, 2.75) is 31.2 Å². The molecule has 0 aliphatic carbocycles. The molecule has 1 aromatic heterocycles. The van der Waals surface area contributed by atoms with E-state index in [1.807, 2.05) is 17.8 Å². The molecule has 2 aliphatic rings. The number of rotatable bonds is 3. The Labute approximate surface area is 175 Å². The maximum atomic E-state index is 13.9. The van der Waals surface area contributed by atoms with Crippen LogP contribution >= 0.6 is 27.7 Å². The molecule has 1 N–H and O–H groups in total. The van der Waals surface area contributed by atoms with Gasteiger partial charge in [-0.1, -0.05) is 42.1 Å². The third-order valence-electron chi connectivity index (χ3n) is 5.36. The molecule has 144 valence electrons. The number of halogens is 2. The Morgan fingerprint density at radius 3 is 2.89 bits per heavy atom. The van der Waals surface area contributed by atoms with Crippen LogP contribution in [0.4, 0.5) is 4.39 Å². The molecule has 2 atom stereocenters. The lowest BCUT2D eigenvalue weighted by Gasteiger charge is -2.35. The second-order valence-electron chi connectivity index (χ2n) is 7.18. The summed E-state index contributed by atoms with van der Waals surface area (Å²) in [6, 6.07) is 13.9. The first-order chi connectivity index (χ1) is 13.6. The van der Waals surface area contributed by atoms with Crippen LogP contribution in [0, 0.1) is 5.82 Å². The molecule has 3 heterocycles. The van der Waals surface area contributed by atoms with Crippen molar-refractivity contribution in [1.29, 1.82) is 0 Å². The summed E-state index contributed by atoms with van der Waals surface area (Å²) in [5, 5.41) is 5.07. The van der Waals surface area contributed by atoms with E-state index in [1.165, 1.54) is 16.5 Å². The Bertz CT molecular complexity index is 1010. The van der Waals surface area contributed by atoms with Gasteiger partial charge in [-0.05, 0) is 47.3 Å². The molecule has 0 amide bonds. The Morgan fingerprint density at radius 1 is 1.25 bits per heavy atom. The predicted molar refractivity (Wildman–Crippen MR) is 116 cm³/mol. The Hall–Kier alpha value is -1.83. The molecule has 0 radical (unpaired) electrons. The van der Waals surface area contributed by atoms with E-state index in [-0.39, 0.29) is 11.9 Å². The van der Waals surface area contributed by atoms with Crippen molar-refractivity contribution in [2.24, 2.45) is 0 Å². The number of hydrogen-bond acceptors (Lipinski definition) is 4. The number of fused-ring (bicyclic) bond motifs is 1. The molecule has 1 fully saturated rings. The van der Waals surface area contributed by atoms with E-state index in [1.54, 1.807) is 6.07 Å².